The molecule has 1 aliphatic rings. The topological polar surface area (TPSA) is 29.5 Å². The van der Waals surface area contributed by atoms with Crippen molar-refractivity contribution in [2.24, 2.45) is 5.92 Å². The van der Waals surface area contributed by atoms with Crippen molar-refractivity contribution in [2.75, 3.05) is 26.7 Å². The first kappa shape index (κ1) is 13.7. The molecule has 0 saturated carbocycles. The Hall–Kier alpha value is -0.410. The van der Waals surface area contributed by atoms with Crippen LogP contribution in [0.15, 0.2) is 0 Å². The predicted octanol–water partition coefficient (Wildman–Crippen LogP) is 2.10. The SMILES string of the molecule is CCC(C)C(=O)CN(C)CC1CCCCO1. The molecular weight excluding hydrogens is 202 g/mol. The highest BCUT2D eigenvalue weighted by atomic mass is 16.5. The number of rotatable bonds is 6. The zero-order valence-corrected chi connectivity index (χ0v) is 10.9. The van der Waals surface area contributed by atoms with Gasteiger partial charge in [0, 0.05) is 19.1 Å². The minimum atomic E-state index is 0.190. The van der Waals surface area contributed by atoms with Gasteiger partial charge in [-0.2, -0.15) is 0 Å². The molecule has 0 aromatic heterocycles. The fourth-order valence-corrected chi connectivity index (χ4v) is 2.01. The van der Waals surface area contributed by atoms with Crippen LogP contribution in [0.5, 0.6) is 0 Å². The van der Waals surface area contributed by atoms with E-state index in [0.29, 0.717) is 18.4 Å². The number of Topliss-reactive ketones (excluding diaryl/α,β-unsaturated/α-hetero) is 1. The summed E-state index contributed by atoms with van der Waals surface area (Å²) in [6, 6.07) is 0. The molecule has 0 spiro atoms. The van der Waals surface area contributed by atoms with Crippen molar-refractivity contribution in [3.63, 3.8) is 0 Å². The van der Waals surface area contributed by atoms with Crippen LogP contribution in [-0.4, -0.2) is 43.5 Å². The highest BCUT2D eigenvalue weighted by Gasteiger charge is 2.18. The molecule has 3 nitrogen and oxygen atoms in total. The fourth-order valence-electron chi connectivity index (χ4n) is 2.01. The van der Waals surface area contributed by atoms with Crippen molar-refractivity contribution in [2.45, 2.75) is 45.6 Å². The summed E-state index contributed by atoms with van der Waals surface area (Å²) < 4.78 is 5.66. The summed E-state index contributed by atoms with van der Waals surface area (Å²) in [6.45, 7) is 6.41. The summed E-state index contributed by atoms with van der Waals surface area (Å²) in [5.41, 5.74) is 0. The Morgan fingerprint density at radius 3 is 2.81 bits per heavy atom. The molecule has 3 heteroatoms. The Bertz CT molecular complexity index is 212. The lowest BCUT2D eigenvalue weighted by Crippen LogP contribution is -2.37. The van der Waals surface area contributed by atoms with E-state index in [9.17, 15) is 4.79 Å². The third-order valence-corrected chi connectivity index (χ3v) is 3.38. The first-order valence-electron chi connectivity index (χ1n) is 6.46. The summed E-state index contributed by atoms with van der Waals surface area (Å²) in [5, 5.41) is 0. The Labute approximate surface area is 99.1 Å². The van der Waals surface area contributed by atoms with E-state index in [1.807, 2.05) is 14.0 Å². The van der Waals surface area contributed by atoms with E-state index in [0.717, 1.165) is 26.0 Å². The lowest BCUT2D eigenvalue weighted by atomic mass is 10.0. The Balaban J connectivity index is 2.23. The van der Waals surface area contributed by atoms with Gasteiger partial charge in [0.15, 0.2) is 0 Å². The summed E-state index contributed by atoms with van der Waals surface area (Å²) in [7, 11) is 2.01. The number of ketones is 1. The zero-order chi connectivity index (χ0) is 12.0. The molecule has 1 fully saturated rings. The molecule has 94 valence electrons. The summed E-state index contributed by atoms with van der Waals surface area (Å²) in [4.78, 5) is 13.8. The second kappa shape index (κ2) is 7.02. The second-order valence-corrected chi connectivity index (χ2v) is 4.96. The molecule has 0 amide bonds. The smallest absolute Gasteiger partial charge is 0.149 e. The molecule has 1 rings (SSSR count). The molecule has 1 saturated heterocycles. The fraction of sp³-hybridized carbons (Fsp3) is 0.923. The number of carbonyl (C=O) groups is 1. The van der Waals surface area contributed by atoms with Gasteiger partial charge < -0.3 is 4.74 Å². The van der Waals surface area contributed by atoms with Crippen molar-refractivity contribution in [1.82, 2.24) is 4.90 Å². The van der Waals surface area contributed by atoms with E-state index in [4.69, 9.17) is 4.74 Å². The third kappa shape index (κ3) is 4.62. The zero-order valence-electron chi connectivity index (χ0n) is 10.9. The van der Waals surface area contributed by atoms with Gasteiger partial charge in [-0.15, -0.1) is 0 Å². The summed E-state index contributed by atoms with van der Waals surface area (Å²) in [5.74, 6) is 0.538. The molecule has 0 radical (unpaired) electrons. The van der Waals surface area contributed by atoms with Gasteiger partial charge in [0.05, 0.1) is 12.6 Å². The van der Waals surface area contributed by atoms with Gasteiger partial charge in [-0.3, -0.25) is 9.69 Å². The van der Waals surface area contributed by atoms with E-state index in [-0.39, 0.29) is 5.92 Å². The third-order valence-electron chi connectivity index (χ3n) is 3.38. The average molecular weight is 227 g/mol. The van der Waals surface area contributed by atoms with Crippen LogP contribution in [0.2, 0.25) is 0 Å². The Morgan fingerprint density at radius 1 is 1.50 bits per heavy atom. The molecule has 0 bridgehead atoms. The monoisotopic (exact) mass is 227 g/mol. The minimum absolute atomic E-state index is 0.190. The van der Waals surface area contributed by atoms with Gasteiger partial charge in [-0.05, 0) is 32.7 Å². The summed E-state index contributed by atoms with van der Waals surface area (Å²) in [6.07, 6.45) is 4.86. The van der Waals surface area contributed by atoms with Crippen LogP contribution in [0, 0.1) is 5.92 Å². The van der Waals surface area contributed by atoms with Crippen molar-refractivity contribution >= 4 is 5.78 Å². The number of hydrogen-bond acceptors (Lipinski definition) is 3. The van der Waals surface area contributed by atoms with Crippen LogP contribution in [0.25, 0.3) is 0 Å². The van der Waals surface area contributed by atoms with Gasteiger partial charge >= 0.3 is 0 Å². The van der Waals surface area contributed by atoms with Gasteiger partial charge in [0.2, 0.25) is 0 Å². The number of ether oxygens (including phenoxy) is 1. The number of likely N-dealkylation sites (N-methyl/N-ethyl adjacent to an activating group) is 1. The molecule has 16 heavy (non-hydrogen) atoms. The molecule has 1 aliphatic heterocycles. The van der Waals surface area contributed by atoms with E-state index in [2.05, 4.69) is 11.8 Å². The molecule has 0 N–H and O–H groups in total. The van der Waals surface area contributed by atoms with Crippen LogP contribution in [-0.2, 0) is 9.53 Å². The first-order valence-corrected chi connectivity index (χ1v) is 6.46. The maximum atomic E-state index is 11.7. The predicted molar refractivity (Wildman–Crippen MR) is 65.6 cm³/mol. The van der Waals surface area contributed by atoms with Gasteiger partial charge in [-0.1, -0.05) is 13.8 Å². The normalized spacial score (nSPS) is 23.4. The second-order valence-electron chi connectivity index (χ2n) is 4.96. The van der Waals surface area contributed by atoms with Gasteiger partial charge in [0.1, 0.15) is 5.78 Å². The van der Waals surface area contributed by atoms with Crippen molar-refractivity contribution in [3.05, 3.63) is 0 Å². The van der Waals surface area contributed by atoms with Crippen LogP contribution in [0.3, 0.4) is 0 Å². The molecule has 0 aromatic carbocycles. The number of hydrogen-bond donors (Lipinski definition) is 0. The van der Waals surface area contributed by atoms with E-state index in [1.165, 1.54) is 12.8 Å². The van der Waals surface area contributed by atoms with E-state index >= 15 is 0 Å². The molecule has 2 unspecified atom stereocenters. The van der Waals surface area contributed by atoms with Crippen LogP contribution >= 0.6 is 0 Å². The lowest BCUT2D eigenvalue weighted by Gasteiger charge is -2.27. The number of carbonyl (C=O) groups excluding carboxylic acids is 1. The molecular formula is C13H25NO2. The molecule has 2 atom stereocenters. The standard InChI is InChI=1S/C13H25NO2/c1-4-11(2)13(15)10-14(3)9-12-7-5-6-8-16-12/h11-12H,4-10H2,1-3H3. The minimum Gasteiger partial charge on any atom is -0.377 e. The van der Waals surface area contributed by atoms with Crippen LogP contribution < -0.4 is 0 Å². The highest BCUT2D eigenvalue weighted by molar-refractivity contribution is 5.82. The van der Waals surface area contributed by atoms with Crippen LogP contribution in [0.1, 0.15) is 39.5 Å². The van der Waals surface area contributed by atoms with Gasteiger partial charge in [-0.25, -0.2) is 0 Å². The number of nitrogens with zero attached hydrogens (tertiary/aromatic N) is 1. The van der Waals surface area contributed by atoms with Gasteiger partial charge in [0.25, 0.3) is 0 Å². The molecule has 0 aromatic rings. The van der Waals surface area contributed by atoms with Crippen molar-refractivity contribution < 1.29 is 9.53 Å². The lowest BCUT2D eigenvalue weighted by molar-refractivity contribution is -0.123. The first-order chi connectivity index (χ1) is 7.63. The summed E-state index contributed by atoms with van der Waals surface area (Å²) >= 11 is 0. The highest BCUT2D eigenvalue weighted by Crippen LogP contribution is 2.13. The molecule has 0 aliphatic carbocycles. The van der Waals surface area contributed by atoms with Crippen LogP contribution in [0.4, 0.5) is 0 Å². The quantitative estimate of drug-likeness (QED) is 0.696. The van der Waals surface area contributed by atoms with E-state index < -0.39 is 0 Å². The maximum Gasteiger partial charge on any atom is 0.149 e. The average Bonchev–Trinajstić information content (AvgIpc) is 2.29. The molecule has 1 heterocycles. The Kier molecular flexibility index (Phi) is 5.99. The maximum absolute atomic E-state index is 11.7. The Morgan fingerprint density at radius 2 is 2.25 bits per heavy atom. The van der Waals surface area contributed by atoms with E-state index in [1.54, 1.807) is 0 Å². The van der Waals surface area contributed by atoms with Crippen molar-refractivity contribution in [1.29, 1.82) is 0 Å². The van der Waals surface area contributed by atoms with Crippen molar-refractivity contribution in [3.8, 4) is 0 Å². The largest absolute Gasteiger partial charge is 0.377 e.